The molecular formula is C34H45N7O8. The van der Waals surface area contributed by atoms with Crippen molar-refractivity contribution in [3.05, 3.63) is 53.6 Å². The first-order valence-corrected chi connectivity index (χ1v) is 16.4. The first-order valence-electron chi connectivity index (χ1n) is 16.4. The molecule has 1 aromatic heterocycles. The number of fused-ring (bicyclic) bond motifs is 10. The van der Waals surface area contributed by atoms with Crippen LogP contribution in [-0.2, 0) is 16.1 Å². The number of aromatic nitrogens is 3. The maximum Gasteiger partial charge on any atom is 0.407 e. The molecule has 49 heavy (non-hydrogen) atoms. The van der Waals surface area contributed by atoms with Crippen molar-refractivity contribution in [3.8, 4) is 17.5 Å². The van der Waals surface area contributed by atoms with Crippen molar-refractivity contribution in [1.29, 1.82) is 0 Å². The molecule has 3 aromatic rings. The van der Waals surface area contributed by atoms with E-state index in [1.54, 1.807) is 32.9 Å². The summed E-state index contributed by atoms with van der Waals surface area (Å²) >= 11 is 0. The number of carbonyl (C=O) groups excluding carboxylic acids is 2. The van der Waals surface area contributed by atoms with E-state index in [9.17, 15) is 19.5 Å². The van der Waals surface area contributed by atoms with Gasteiger partial charge in [0.1, 0.15) is 23.1 Å². The Labute approximate surface area is 285 Å². The normalized spacial score (nSPS) is 14.3. The van der Waals surface area contributed by atoms with Crippen molar-refractivity contribution in [2.24, 2.45) is 0 Å². The molecule has 3 heterocycles. The molecule has 0 saturated carbocycles. The van der Waals surface area contributed by atoms with Gasteiger partial charge < -0.3 is 45.3 Å². The van der Waals surface area contributed by atoms with Crippen LogP contribution in [0.3, 0.4) is 0 Å². The number of hydrogen-bond acceptors (Lipinski definition) is 12. The monoisotopic (exact) mass is 679 g/mol. The minimum Gasteiger partial charge on any atom is -0.494 e. The zero-order chi connectivity index (χ0) is 35.2. The van der Waals surface area contributed by atoms with E-state index in [1.165, 1.54) is 6.07 Å². The maximum absolute atomic E-state index is 13.4. The number of ether oxygens (including phenoxy) is 4. The molecule has 6 bridgehead atoms. The van der Waals surface area contributed by atoms with Gasteiger partial charge in [0.15, 0.2) is 0 Å². The molecule has 264 valence electrons. The van der Waals surface area contributed by atoms with Gasteiger partial charge in [-0.1, -0.05) is 12.1 Å². The van der Waals surface area contributed by atoms with E-state index in [2.05, 4.69) is 36.2 Å². The molecule has 2 aliphatic rings. The number of carboxylic acid groups (broad SMARTS) is 1. The van der Waals surface area contributed by atoms with Gasteiger partial charge in [-0.3, -0.25) is 4.79 Å². The fraction of sp³-hybridized carbons (Fsp3) is 0.471. The molecule has 0 saturated heterocycles. The van der Waals surface area contributed by atoms with Gasteiger partial charge in [0.2, 0.25) is 11.9 Å². The highest BCUT2D eigenvalue weighted by atomic mass is 16.6. The number of benzene rings is 2. The molecule has 15 nitrogen and oxygen atoms in total. The third-order valence-electron chi connectivity index (χ3n) is 7.01. The average Bonchev–Trinajstić information content (AvgIpc) is 3.04. The molecule has 0 fully saturated rings. The number of nitrogens with zero attached hydrogens (tertiary/aromatic N) is 3. The van der Waals surface area contributed by atoms with E-state index in [1.807, 2.05) is 31.2 Å². The lowest BCUT2D eigenvalue weighted by atomic mass is 10.1. The fourth-order valence-electron chi connectivity index (χ4n) is 4.66. The average molecular weight is 680 g/mol. The first kappa shape index (κ1) is 36.5. The Balaban J connectivity index is 1.53. The molecule has 0 aliphatic carbocycles. The number of rotatable bonds is 8. The van der Waals surface area contributed by atoms with Gasteiger partial charge in [-0.15, -0.1) is 0 Å². The van der Waals surface area contributed by atoms with Crippen molar-refractivity contribution in [1.82, 2.24) is 25.6 Å². The highest BCUT2D eigenvalue weighted by molar-refractivity contribution is 5.99. The van der Waals surface area contributed by atoms with E-state index in [0.29, 0.717) is 38.0 Å². The molecule has 2 amide bonds. The van der Waals surface area contributed by atoms with Crippen LogP contribution >= 0.6 is 0 Å². The standard InChI is InChI=1S/C34H45N7O8/c1-5-46-32-40-30-36-21-22-10-13-24(14-11-22)47-18-8-6-7-9-19-48-27-20-23(37-31(39-30)41-32)12-15-25(27)28(42)38-26(29(43)44)16-17-35-33(45)49-34(2,3)4/h10-15,20,26H,5-9,16-19,21H2,1-4H3,(H,35,45)(H,38,42)(H,43,44)(H2,36,37,39,40,41)/t26-/m0/s1. The van der Waals surface area contributed by atoms with E-state index >= 15 is 0 Å². The summed E-state index contributed by atoms with van der Waals surface area (Å²) in [6.07, 6.45) is 2.66. The number of anilines is 3. The number of alkyl carbamates (subject to hydrolysis) is 1. The highest BCUT2D eigenvalue weighted by Gasteiger charge is 2.24. The predicted molar refractivity (Wildman–Crippen MR) is 182 cm³/mol. The molecular weight excluding hydrogens is 634 g/mol. The summed E-state index contributed by atoms with van der Waals surface area (Å²) in [5.41, 5.74) is 0.957. The van der Waals surface area contributed by atoms with Crippen LogP contribution in [0.2, 0.25) is 0 Å². The number of aliphatic carboxylic acids is 1. The number of hydrogen-bond donors (Lipinski definition) is 5. The van der Waals surface area contributed by atoms with Crippen LogP contribution in [0, 0.1) is 0 Å². The Morgan fingerprint density at radius 1 is 0.959 bits per heavy atom. The largest absolute Gasteiger partial charge is 0.494 e. The van der Waals surface area contributed by atoms with E-state index in [-0.39, 0.29) is 36.2 Å². The summed E-state index contributed by atoms with van der Waals surface area (Å²) in [5.74, 6) is -0.377. The lowest BCUT2D eigenvalue weighted by Gasteiger charge is -2.20. The second kappa shape index (κ2) is 17.7. The van der Waals surface area contributed by atoms with Crippen LogP contribution in [0.4, 0.5) is 22.4 Å². The number of amides is 2. The molecule has 15 heteroatoms. The Bertz CT molecular complexity index is 1560. The third kappa shape index (κ3) is 12.3. The number of carboxylic acids is 1. The SMILES string of the molecule is CCOc1nc2nc(n1)Nc1ccc(C(=O)N[C@@H](CCNC(=O)OC(C)(C)C)C(=O)O)c(c1)OCCCCCCOc1ccc(cc1)CN2. The van der Waals surface area contributed by atoms with Gasteiger partial charge in [0, 0.05) is 24.8 Å². The lowest BCUT2D eigenvalue weighted by Crippen LogP contribution is -2.43. The van der Waals surface area contributed by atoms with Crippen molar-refractivity contribution in [2.45, 2.75) is 78.0 Å². The van der Waals surface area contributed by atoms with E-state index < -0.39 is 29.6 Å². The molecule has 2 aliphatic heterocycles. The van der Waals surface area contributed by atoms with Gasteiger partial charge in [-0.2, -0.15) is 15.0 Å². The maximum atomic E-state index is 13.4. The molecule has 1 atom stereocenters. The smallest absolute Gasteiger partial charge is 0.407 e. The molecule has 0 spiro atoms. The highest BCUT2D eigenvalue weighted by Crippen LogP contribution is 2.27. The third-order valence-corrected chi connectivity index (χ3v) is 7.01. The Kier molecular flexibility index (Phi) is 13.2. The van der Waals surface area contributed by atoms with Gasteiger partial charge in [0.25, 0.3) is 5.91 Å². The predicted octanol–water partition coefficient (Wildman–Crippen LogP) is 5.06. The summed E-state index contributed by atoms with van der Waals surface area (Å²) in [6.45, 7) is 8.67. The minimum atomic E-state index is -1.28. The van der Waals surface area contributed by atoms with Crippen LogP contribution in [0.15, 0.2) is 42.5 Å². The summed E-state index contributed by atoms with van der Waals surface area (Å²) in [6, 6.07) is 11.5. The molecule has 0 unspecified atom stereocenters. The van der Waals surface area contributed by atoms with Crippen molar-refractivity contribution >= 4 is 35.6 Å². The van der Waals surface area contributed by atoms with Crippen LogP contribution < -0.4 is 35.5 Å². The van der Waals surface area contributed by atoms with Crippen LogP contribution in [0.25, 0.3) is 0 Å². The minimum absolute atomic E-state index is 0.0262. The lowest BCUT2D eigenvalue weighted by molar-refractivity contribution is -0.139. The van der Waals surface area contributed by atoms with E-state index in [4.69, 9.17) is 18.9 Å². The van der Waals surface area contributed by atoms with Gasteiger partial charge >= 0.3 is 18.1 Å². The second-order valence-electron chi connectivity index (χ2n) is 12.2. The van der Waals surface area contributed by atoms with Crippen LogP contribution in [0.5, 0.6) is 17.5 Å². The van der Waals surface area contributed by atoms with Crippen LogP contribution in [0.1, 0.15) is 75.7 Å². The molecule has 5 N–H and O–H groups in total. The molecule has 2 aromatic carbocycles. The van der Waals surface area contributed by atoms with Crippen molar-refractivity contribution in [2.75, 3.05) is 37.0 Å². The Hall–Kier alpha value is -5.34. The summed E-state index contributed by atoms with van der Waals surface area (Å²) in [4.78, 5) is 50.6. The summed E-state index contributed by atoms with van der Waals surface area (Å²) in [5, 5.41) is 21.2. The zero-order valence-corrected chi connectivity index (χ0v) is 28.3. The van der Waals surface area contributed by atoms with Gasteiger partial charge in [0.05, 0.1) is 25.4 Å². The summed E-state index contributed by atoms with van der Waals surface area (Å²) < 4.78 is 22.7. The Morgan fingerprint density at radius 2 is 1.67 bits per heavy atom. The molecule has 0 radical (unpaired) electrons. The number of carbonyl (C=O) groups is 3. The fourth-order valence-corrected chi connectivity index (χ4v) is 4.66. The topological polar surface area (TPSA) is 195 Å². The van der Waals surface area contributed by atoms with Crippen LogP contribution in [-0.4, -0.2) is 76.0 Å². The van der Waals surface area contributed by atoms with Crippen molar-refractivity contribution in [3.63, 3.8) is 0 Å². The zero-order valence-electron chi connectivity index (χ0n) is 28.3. The second-order valence-corrected chi connectivity index (χ2v) is 12.2. The van der Waals surface area contributed by atoms with Gasteiger partial charge in [-0.25, -0.2) is 9.59 Å². The molecule has 5 rings (SSSR count). The Morgan fingerprint density at radius 3 is 2.37 bits per heavy atom. The van der Waals surface area contributed by atoms with Gasteiger partial charge in [-0.05, 0) is 89.6 Å². The van der Waals surface area contributed by atoms with Crippen molar-refractivity contribution < 1.29 is 38.4 Å². The first-order chi connectivity index (χ1) is 23.5. The van der Waals surface area contributed by atoms with E-state index in [0.717, 1.165) is 37.0 Å². The number of nitrogens with one attached hydrogen (secondary N) is 4. The summed E-state index contributed by atoms with van der Waals surface area (Å²) in [7, 11) is 0. The quantitative estimate of drug-likeness (QED) is 0.212.